The Morgan fingerprint density at radius 3 is 2.53 bits per heavy atom. The summed E-state index contributed by atoms with van der Waals surface area (Å²) in [5, 5.41) is 13.7. The molecule has 0 aliphatic carbocycles. The number of hydrogen-bond donors (Lipinski definition) is 1. The second-order valence-corrected chi connectivity index (χ2v) is 8.24. The second kappa shape index (κ2) is 9.69. The van der Waals surface area contributed by atoms with Crippen molar-refractivity contribution in [1.29, 1.82) is 0 Å². The van der Waals surface area contributed by atoms with Crippen LogP contribution in [-0.4, -0.2) is 33.5 Å². The number of thioether (sulfide) groups is 1. The van der Waals surface area contributed by atoms with E-state index in [0.717, 1.165) is 12.0 Å². The molecule has 0 atom stereocenters. The summed E-state index contributed by atoms with van der Waals surface area (Å²) in [6.45, 7) is 2.18. The highest BCUT2D eigenvalue weighted by molar-refractivity contribution is 8.26. The molecule has 30 heavy (non-hydrogen) atoms. The van der Waals surface area contributed by atoms with Crippen LogP contribution in [-0.2, 0) is 16.0 Å². The van der Waals surface area contributed by atoms with E-state index in [1.807, 2.05) is 24.3 Å². The predicted octanol–water partition coefficient (Wildman–Crippen LogP) is 2.84. The van der Waals surface area contributed by atoms with Gasteiger partial charge in [-0.05, 0) is 29.7 Å². The fourth-order valence-electron chi connectivity index (χ4n) is 2.89. The van der Waals surface area contributed by atoms with E-state index in [1.54, 1.807) is 18.2 Å². The monoisotopic (exact) mass is 439 g/mol. The Morgan fingerprint density at radius 1 is 1.17 bits per heavy atom. The molecule has 0 saturated carbocycles. The minimum atomic E-state index is -1.38. The highest BCUT2D eigenvalue weighted by atomic mass is 32.2. The minimum absolute atomic E-state index is 0.0215. The lowest BCUT2D eigenvalue weighted by Gasteiger charge is -2.15. The molecule has 1 aliphatic rings. The first-order chi connectivity index (χ1) is 14.4. The number of para-hydroxylation sites is 1. The van der Waals surface area contributed by atoms with Gasteiger partial charge in [0.1, 0.15) is 4.32 Å². The van der Waals surface area contributed by atoms with Crippen LogP contribution in [0.5, 0.6) is 0 Å². The smallest absolute Gasteiger partial charge is 0.266 e. The SMILES string of the molecule is CCc1ccc(C=C2SC(=S)N(CCC(=O)Nc3ccccc3C(=O)[O-])C2=O)cc1. The Hall–Kier alpha value is -2.97. The molecule has 0 aromatic heterocycles. The molecular weight excluding hydrogens is 420 g/mol. The lowest BCUT2D eigenvalue weighted by atomic mass is 10.1. The van der Waals surface area contributed by atoms with E-state index in [9.17, 15) is 19.5 Å². The van der Waals surface area contributed by atoms with Crippen molar-refractivity contribution < 1.29 is 19.5 Å². The summed E-state index contributed by atoms with van der Waals surface area (Å²) in [6.07, 6.45) is 2.71. The van der Waals surface area contributed by atoms with Crippen LogP contribution >= 0.6 is 24.0 Å². The molecule has 1 saturated heterocycles. The first-order valence-corrected chi connectivity index (χ1v) is 10.6. The number of carbonyl (C=O) groups excluding carboxylic acids is 3. The van der Waals surface area contributed by atoms with Gasteiger partial charge in [0.15, 0.2) is 0 Å². The summed E-state index contributed by atoms with van der Waals surface area (Å²) in [5.41, 5.74) is 2.17. The van der Waals surface area contributed by atoms with Crippen molar-refractivity contribution in [2.75, 3.05) is 11.9 Å². The van der Waals surface area contributed by atoms with Crippen LogP contribution in [0.2, 0.25) is 0 Å². The molecule has 1 fully saturated rings. The fraction of sp³-hybridized carbons (Fsp3) is 0.182. The summed E-state index contributed by atoms with van der Waals surface area (Å²) < 4.78 is 0.388. The average Bonchev–Trinajstić information content (AvgIpc) is 2.99. The Balaban J connectivity index is 1.62. The molecule has 2 aromatic carbocycles. The second-order valence-electron chi connectivity index (χ2n) is 6.56. The first kappa shape index (κ1) is 21.7. The number of benzene rings is 2. The van der Waals surface area contributed by atoms with Crippen LogP contribution in [0, 0.1) is 0 Å². The number of thiocarbonyl (C=S) groups is 1. The third-order valence-corrected chi connectivity index (χ3v) is 5.92. The minimum Gasteiger partial charge on any atom is -0.545 e. The summed E-state index contributed by atoms with van der Waals surface area (Å²) >= 11 is 6.50. The Labute approximate surface area is 184 Å². The third kappa shape index (κ3) is 5.14. The topological polar surface area (TPSA) is 89.5 Å². The molecule has 8 heteroatoms. The molecule has 0 bridgehead atoms. The molecular formula is C22H19N2O4S2-. The standard InChI is InChI=1S/C22H20N2O4S2/c1-2-14-7-9-15(10-8-14)13-18-20(26)24(22(29)30-18)12-11-19(25)23-17-6-4-3-5-16(17)21(27)28/h3-10,13H,2,11-12H2,1H3,(H,23,25)(H,27,28)/p-1. The predicted molar refractivity (Wildman–Crippen MR) is 120 cm³/mol. The third-order valence-electron chi connectivity index (χ3n) is 4.54. The van der Waals surface area contributed by atoms with Gasteiger partial charge in [0.25, 0.3) is 5.91 Å². The van der Waals surface area contributed by atoms with Gasteiger partial charge in [-0.3, -0.25) is 14.5 Å². The molecule has 1 N–H and O–H groups in total. The maximum absolute atomic E-state index is 12.7. The van der Waals surface area contributed by atoms with Crippen LogP contribution in [0.25, 0.3) is 6.08 Å². The van der Waals surface area contributed by atoms with E-state index in [1.165, 1.54) is 34.4 Å². The van der Waals surface area contributed by atoms with Crippen molar-refractivity contribution in [3.63, 3.8) is 0 Å². The van der Waals surface area contributed by atoms with E-state index in [0.29, 0.717) is 9.23 Å². The number of nitrogens with zero attached hydrogens (tertiary/aromatic N) is 1. The molecule has 6 nitrogen and oxygen atoms in total. The van der Waals surface area contributed by atoms with Gasteiger partial charge < -0.3 is 15.2 Å². The number of carboxylic acid groups (broad SMARTS) is 1. The van der Waals surface area contributed by atoms with Gasteiger partial charge in [0, 0.05) is 24.2 Å². The number of carbonyl (C=O) groups is 3. The van der Waals surface area contributed by atoms with Crippen LogP contribution in [0.15, 0.2) is 53.4 Å². The Bertz CT molecular complexity index is 1030. The number of nitrogens with one attached hydrogen (secondary N) is 1. The normalized spacial score (nSPS) is 15.0. The largest absolute Gasteiger partial charge is 0.545 e. The molecule has 2 amide bonds. The van der Waals surface area contributed by atoms with Crippen LogP contribution in [0.4, 0.5) is 5.69 Å². The number of aromatic carboxylic acids is 1. The molecule has 1 heterocycles. The van der Waals surface area contributed by atoms with Gasteiger partial charge in [-0.15, -0.1) is 0 Å². The van der Waals surface area contributed by atoms with E-state index >= 15 is 0 Å². The number of anilines is 1. The zero-order valence-corrected chi connectivity index (χ0v) is 17.8. The molecule has 1 aliphatic heterocycles. The van der Waals surface area contributed by atoms with Crippen molar-refractivity contribution in [2.24, 2.45) is 0 Å². The number of hydrogen-bond acceptors (Lipinski definition) is 6. The van der Waals surface area contributed by atoms with Crippen molar-refractivity contribution in [2.45, 2.75) is 19.8 Å². The van der Waals surface area contributed by atoms with Crippen molar-refractivity contribution in [3.05, 3.63) is 70.1 Å². The van der Waals surface area contributed by atoms with E-state index in [-0.39, 0.29) is 30.1 Å². The molecule has 0 unspecified atom stereocenters. The van der Waals surface area contributed by atoms with Gasteiger partial charge in [-0.2, -0.15) is 0 Å². The Morgan fingerprint density at radius 2 is 1.87 bits per heavy atom. The zero-order chi connectivity index (χ0) is 21.7. The molecule has 0 spiro atoms. The number of carboxylic acids is 1. The number of aryl methyl sites for hydroxylation is 1. The van der Waals surface area contributed by atoms with Crippen molar-refractivity contribution >= 4 is 57.8 Å². The highest BCUT2D eigenvalue weighted by Gasteiger charge is 2.32. The van der Waals surface area contributed by atoms with Crippen molar-refractivity contribution in [3.8, 4) is 0 Å². The van der Waals surface area contributed by atoms with Crippen LogP contribution < -0.4 is 10.4 Å². The molecule has 2 aromatic rings. The average molecular weight is 440 g/mol. The van der Waals surface area contributed by atoms with Gasteiger partial charge in [0.05, 0.1) is 10.9 Å². The first-order valence-electron chi connectivity index (χ1n) is 9.33. The maximum Gasteiger partial charge on any atom is 0.266 e. The molecule has 3 rings (SSSR count). The quantitative estimate of drug-likeness (QED) is 0.527. The van der Waals surface area contributed by atoms with Crippen LogP contribution in [0.1, 0.15) is 34.8 Å². The Kier molecular flexibility index (Phi) is 7.02. The number of rotatable bonds is 7. The van der Waals surface area contributed by atoms with E-state index < -0.39 is 11.9 Å². The highest BCUT2D eigenvalue weighted by Crippen LogP contribution is 2.32. The maximum atomic E-state index is 12.7. The van der Waals surface area contributed by atoms with Gasteiger partial charge in [-0.1, -0.05) is 73.4 Å². The summed E-state index contributed by atoms with van der Waals surface area (Å²) in [5.74, 6) is -2.04. The lowest BCUT2D eigenvalue weighted by Crippen LogP contribution is -2.32. The molecule has 154 valence electrons. The summed E-state index contributed by atoms with van der Waals surface area (Å²) in [7, 11) is 0. The lowest BCUT2D eigenvalue weighted by molar-refractivity contribution is -0.254. The van der Waals surface area contributed by atoms with E-state index in [2.05, 4.69) is 12.2 Å². The van der Waals surface area contributed by atoms with Gasteiger partial charge >= 0.3 is 0 Å². The van der Waals surface area contributed by atoms with Crippen LogP contribution in [0.3, 0.4) is 0 Å². The van der Waals surface area contributed by atoms with Gasteiger partial charge in [-0.25, -0.2) is 0 Å². The summed E-state index contributed by atoms with van der Waals surface area (Å²) in [6, 6.07) is 13.9. The van der Waals surface area contributed by atoms with E-state index in [4.69, 9.17) is 12.2 Å². The van der Waals surface area contributed by atoms with Crippen molar-refractivity contribution in [1.82, 2.24) is 4.90 Å². The molecule has 0 radical (unpaired) electrons. The summed E-state index contributed by atoms with van der Waals surface area (Å²) in [4.78, 5) is 38.0. The number of amides is 2. The van der Waals surface area contributed by atoms with Gasteiger partial charge in [0.2, 0.25) is 5.91 Å². The zero-order valence-electron chi connectivity index (χ0n) is 16.2. The fourth-order valence-corrected chi connectivity index (χ4v) is 4.20.